The lowest BCUT2D eigenvalue weighted by Gasteiger charge is -2.09. The second-order valence-electron chi connectivity index (χ2n) is 3.28. The van der Waals surface area contributed by atoms with Crippen molar-refractivity contribution in [1.82, 2.24) is 0 Å². The van der Waals surface area contributed by atoms with Gasteiger partial charge in [0.05, 0.1) is 5.69 Å². The SMILES string of the molecule is O=C(COCC(F)(F)F)Nc1ccc(Cl)cc1F. The van der Waals surface area contributed by atoms with E-state index in [2.05, 4.69) is 10.1 Å². The number of rotatable bonds is 4. The number of anilines is 1. The molecule has 1 aromatic carbocycles. The number of alkyl halides is 3. The van der Waals surface area contributed by atoms with Gasteiger partial charge in [0.2, 0.25) is 5.91 Å². The molecule has 0 spiro atoms. The lowest BCUT2D eigenvalue weighted by Crippen LogP contribution is -2.24. The van der Waals surface area contributed by atoms with E-state index in [0.29, 0.717) is 0 Å². The predicted molar refractivity (Wildman–Crippen MR) is 56.9 cm³/mol. The van der Waals surface area contributed by atoms with Gasteiger partial charge in [0.25, 0.3) is 0 Å². The summed E-state index contributed by atoms with van der Waals surface area (Å²) in [5.74, 6) is -1.67. The molecule has 1 rings (SSSR count). The summed E-state index contributed by atoms with van der Waals surface area (Å²) in [6.45, 7) is -2.36. The molecule has 0 aliphatic carbocycles. The number of halogens is 5. The Bertz CT molecular complexity index is 436. The molecule has 0 unspecified atom stereocenters. The van der Waals surface area contributed by atoms with E-state index in [1.807, 2.05) is 0 Å². The van der Waals surface area contributed by atoms with Crippen molar-refractivity contribution in [3.05, 3.63) is 29.0 Å². The van der Waals surface area contributed by atoms with Gasteiger partial charge in [-0.05, 0) is 18.2 Å². The third kappa shape index (κ3) is 5.33. The zero-order valence-electron chi connectivity index (χ0n) is 8.85. The van der Waals surface area contributed by atoms with Crippen LogP contribution in [0.1, 0.15) is 0 Å². The maximum absolute atomic E-state index is 13.2. The van der Waals surface area contributed by atoms with Crippen molar-refractivity contribution < 1.29 is 27.1 Å². The number of carbonyl (C=O) groups excluding carboxylic acids is 1. The number of amides is 1. The molecule has 0 heterocycles. The summed E-state index contributed by atoms with van der Waals surface area (Å²) in [6.07, 6.45) is -4.51. The summed E-state index contributed by atoms with van der Waals surface area (Å²) >= 11 is 5.48. The first-order valence-electron chi connectivity index (χ1n) is 4.67. The Morgan fingerprint density at radius 2 is 2.06 bits per heavy atom. The highest BCUT2D eigenvalue weighted by atomic mass is 35.5. The minimum absolute atomic E-state index is 0.138. The topological polar surface area (TPSA) is 38.3 Å². The standard InChI is InChI=1S/C10H8ClF4NO2/c11-6-1-2-8(7(12)3-6)16-9(17)4-18-5-10(13,14)15/h1-3H,4-5H2,(H,16,17). The summed E-state index contributed by atoms with van der Waals surface area (Å²) < 4.78 is 52.4. The fourth-order valence-corrected chi connectivity index (χ4v) is 1.20. The molecular formula is C10H8ClF4NO2. The van der Waals surface area contributed by atoms with E-state index >= 15 is 0 Å². The lowest BCUT2D eigenvalue weighted by atomic mass is 10.3. The van der Waals surface area contributed by atoms with Crippen LogP contribution in [0.3, 0.4) is 0 Å². The highest BCUT2D eigenvalue weighted by Crippen LogP contribution is 2.19. The number of benzene rings is 1. The molecule has 0 bridgehead atoms. The van der Waals surface area contributed by atoms with Crippen molar-refractivity contribution >= 4 is 23.2 Å². The molecule has 0 aromatic heterocycles. The van der Waals surface area contributed by atoms with E-state index in [0.717, 1.165) is 6.07 Å². The molecule has 3 nitrogen and oxygen atoms in total. The number of carbonyl (C=O) groups is 1. The van der Waals surface area contributed by atoms with Gasteiger partial charge in [-0.25, -0.2) is 4.39 Å². The largest absolute Gasteiger partial charge is 0.411 e. The second kappa shape index (κ2) is 6.01. The average Bonchev–Trinajstić information content (AvgIpc) is 2.20. The smallest absolute Gasteiger partial charge is 0.362 e. The Hall–Kier alpha value is -1.34. The van der Waals surface area contributed by atoms with E-state index in [1.165, 1.54) is 12.1 Å². The number of nitrogens with one attached hydrogen (secondary N) is 1. The van der Waals surface area contributed by atoms with Crippen LogP contribution in [0.2, 0.25) is 5.02 Å². The van der Waals surface area contributed by atoms with Gasteiger partial charge >= 0.3 is 6.18 Å². The van der Waals surface area contributed by atoms with Crippen LogP contribution in [-0.4, -0.2) is 25.3 Å². The van der Waals surface area contributed by atoms with E-state index in [-0.39, 0.29) is 10.7 Å². The van der Waals surface area contributed by atoms with E-state index in [4.69, 9.17) is 11.6 Å². The Kier molecular flexibility index (Phi) is 4.92. The average molecular weight is 286 g/mol. The zero-order chi connectivity index (χ0) is 13.8. The van der Waals surface area contributed by atoms with Gasteiger partial charge < -0.3 is 10.1 Å². The molecule has 0 fully saturated rings. The van der Waals surface area contributed by atoms with E-state index in [9.17, 15) is 22.4 Å². The van der Waals surface area contributed by atoms with Crippen LogP contribution in [0.5, 0.6) is 0 Å². The van der Waals surface area contributed by atoms with Crippen molar-refractivity contribution in [2.45, 2.75) is 6.18 Å². The molecule has 0 saturated heterocycles. The molecule has 0 radical (unpaired) electrons. The van der Waals surface area contributed by atoms with Crippen molar-refractivity contribution in [2.75, 3.05) is 18.5 Å². The van der Waals surface area contributed by atoms with Gasteiger partial charge in [-0.1, -0.05) is 11.6 Å². The first kappa shape index (κ1) is 14.7. The summed E-state index contributed by atoms with van der Waals surface area (Å²) in [5, 5.41) is 2.20. The van der Waals surface area contributed by atoms with Crippen LogP contribution in [0.25, 0.3) is 0 Å². The number of ether oxygens (including phenoxy) is 1. The summed E-state index contributed by atoms with van der Waals surface area (Å²) in [7, 11) is 0. The van der Waals surface area contributed by atoms with Crippen LogP contribution in [0, 0.1) is 5.82 Å². The fourth-order valence-electron chi connectivity index (χ4n) is 1.04. The minimum atomic E-state index is -4.51. The Balaban J connectivity index is 2.45. The van der Waals surface area contributed by atoms with Gasteiger partial charge in [-0.3, -0.25) is 4.79 Å². The van der Waals surface area contributed by atoms with Gasteiger partial charge in [-0.15, -0.1) is 0 Å². The van der Waals surface area contributed by atoms with Gasteiger partial charge in [0, 0.05) is 5.02 Å². The molecule has 0 atom stereocenters. The first-order chi connectivity index (χ1) is 8.28. The molecule has 1 amide bonds. The molecule has 1 N–H and O–H groups in total. The fraction of sp³-hybridized carbons (Fsp3) is 0.300. The van der Waals surface area contributed by atoms with Crippen molar-refractivity contribution in [2.24, 2.45) is 0 Å². The summed E-state index contributed by atoms with van der Waals surface area (Å²) in [5.41, 5.74) is -0.181. The quantitative estimate of drug-likeness (QED) is 0.864. The predicted octanol–water partition coefficient (Wildman–Crippen LogP) is 3.00. The minimum Gasteiger partial charge on any atom is -0.362 e. The molecule has 8 heteroatoms. The Morgan fingerprint density at radius 1 is 1.39 bits per heavy atom. The molecule has 0 aliphatic rings. The first-order valence-corrected chi connectivity index (χ1v) is 5.05. The monoisotopic (exact) mass is 285 g/mol. The summed E-state index contributed by atoms with van der Waals surface area (Å²) in [6, 6.07) is 3.49. The molecular weight excluding hydrogens is 278 g/mol. The highest BCUT2D eigenvalue weighted by Gasteiger charge is 2.27. The maximum atomic E-state index is 13.2. The van der Waals surface area contributed by atoms with E-state index in [1.54, 1.807) is 0 Å². The van der Waals surface area contributed by atoms with Crippen LogP contribution in [0.4, 0.5) is 23.2 Å². The molecule has 18 heavy (non-hydrogen) atoms. The van der Waals surface area contributed by atoms with Gasteiger partial charge in [-0.2, -0.15) is 13.2 Å². The number of hydrogen-bond acceptors (Lipinski definition) is 2. The third-order valence-corrected chi connectivity index (χ3v) is 1.94. The second-order valence-corrected chi connectivity index (χ2v) is 3.72. The Labute approximate surface area is 105 Å². The van der Waals surface area contributed by atoms with Crippen LogP contribution < -0.4 is 5.32 Å². The van der Waals surface area contributed by atoms with Crippen molar-refractivity contribution in [3.63, 3.8) is 0 Å². The van der Waals surface area contributed by atoms with Crippen molar-refractivity contribution in [1.29, 1.82) is 0 Å². The molecule has 100 valence electrons. The lowest BCUT2D eigenvalue weighted by molar-refractivity contribution is -0.174. The maximum Gasteiger partial charge on any atom is 0.411 e. The molecule has 0 saturated carbocycles. The Morgan fingerprint density at radius 3 is 2.61 bits per heavy atom. The van der Waals surface area contributed by atoms with Gasteiger partial charge in [0.1, 0.15) is 19.0 Å². The van der Waals surface area contributed by atoms with Crippen LogP contribution >= 0.6 is 11.6 Å². The number of hydrogen-bond donors (Lipinski definition) is 1. The van der Waals surface area contributed by atoms with Gasteiger partial charge in [0.15, 0.2) is 0 Å². The third-order valence-electron chi connectivity index (χ3n) is 1.70. The normalized spacial score (nSPS) is 11.4. The zero-order valence-corrected chi connectivity index (χ0v) is 9.61. The van der Waals surface area contributed by atoms with Crippen LogP contribution in [0.15, 0.2) is 18.2 Å². The molecule has 0 aliphatic heterocycles. The van der Waals surface area contributed by atoms with E-state index < -0.39 is 31.1 Å². The molecule has 1 aromatic rings. The van der Waals surface area contributed by atoms with Crippen LogP contribution in [-0.2, 0) is 9.53 Å². The van der Waals surface area contributed by atoms with Crippen molar-refractivity contribution in [3.8, 4) is 0 Å². The summed E-state index contributed by atoms with van der Waals surface area (Å²) in [4.78, 5) is 11.1. The highest BCUT2D eigenvalue weighted by molar-refractivity contribution is 6.30.